The molecule has 0 aromatic carbocycles. The molecule has 1 heterocycles. The van der Waals surface area contributed by atoms with Gasteiger partial charge in [0, 0.05) is 16.3 Å². The van der Waals surface area contributed by atoms with Gasteiger partial charge in [-0.05, 0) is 18.6 Å². The first kappa shape index (κ1) is 10.4. The number of nitrogens with two attached hydrogens (primary N) is 1. The Morgan fingerprint density at radius 1 is 1.54 bits per heavy atom. The monoisotopic (exact) mass is 196 g/mol. The zero-order chi connectivity index (χ0) is 9.68. The molecular formula is C10H16N2S. The molecule has 0 aliphatic heterocycles. The SMILES string of the molecule is CCCC(C)Sc1ccc(N)nc1. The average Bonchev–Trinajstić information content (AvgIpc) is 2.09. The predicted octanol–water partition coefficient (Wildman–Crippen LogP) is 2.94. The molecule has 1 rings (SSSR count). The van der Waals surface area contributed by atoms with Gasteiger partial charge in [0.05, 0.1) is 0 Å². The molecule has 2 nitrogen and oxygen atoms in total. The molecule has 3 heteroatoms. The highest BCUT2D eigenvalue weighted by molar-refractivity contribution is 7.99. The molecule has 0 saturated carbocycles. The zero-order valence-corrected chi connectivity index (χ0v) is 8.97. The minimum absolute atomic E-state index is 0.590. The summed E-state index contributed by atoms with van der Waals surface area (Å²) in [6, 6.07) is 3.88. The molecule has 1 atom stereocenters. The largest absolute Gasteiger partial charge is 0.384 e. The third-order valence-electron chi connectivity index (χ3n) is 1.79. The summed E-state index contributed by atoms with van der Waals surface area (Å²) in [7, 11) is 0. The number of pyridine rings is 1. The number of nitrogens with zero attached hydrogens (tertiary/aromatic N) is 1. The van der Waals surface area contributed by atoms with E-state index in [4.69, 9.17) is 5.73 Å². The highest BCUT2D eigenvalue weighted by atomic mass is 32.2. The van der Waals surface area contributed by atoms with E-state index in [9.17, 15) is 0 Å². The summed E-state index contributed by atoms with van der Waals surface area (Å²) in [6.45, 7) is 4.45. The maximum atomic E-state index is 5.50. The van der Waals surface area contributed by atoms with Crippen LogP contribution in [-0.4, -0.2) is 10.2 Å². The number of nitrogen functional groups attached to an aromatic ring is 1. The predicted molar refractivity (Wildman–Crippen MR) is 58.9 cm³/mol. The first-order chi connectivity index (χ1) is 6.22. The van der Waals surface area contributed by atoms with Gasteiger partial charge < -0.3 is 5.73 Å². The van der Waals surface area contributed by atoms with Gasteiger partial charge in [-0.2, -0.15) is 0 Å². The molecular weight excluding hydrogens is 180 g/mol. The summed E-state index contributed by atoms with van der Waals surface area (Å²) in [5.74, 6) is 0.590. The standard InChI is InChI=1S/C10H16N2S/c1-3-4-8(2)13-9-5-6-10(11)12-7-9/h5-8H,3-4H2,1-2H3,(H2,11,12). The Labute approximate surface area is 83.9 Å². The topological polar surface area (TPSA) is 38.9 Å². The molecule has 13 heavy (non-hydrogen) atoms. The van der Waals surface area contributed by atoms with Gasteiger partial charge in [0.15, 0.2) is 0 Å². The molecule has 0 bridgehead atoms. The maximum Gasteiger partial charge on any atom is 0.123 e. The fourth-order valence-corrected chi connectivity index (χ4v) is 2.24. The van der Waals surface area contributed by atoms with Gasteiger partial charge in [0.1, 0.15) is 5.82 Å². The minimum atomic E-state index is 0.590. The first-order valence-corrected chi connectivity index (χ1v) is 5.48. The van der Waals surface area contributed by atoms with Gasteiger partial charge in [0.2, 0.25) is 0 Å². The second-order valence-electron chi connectivity index (χ2n) is 3.14. The van der Waals surface area contributed by atoms with Crippen molar-refractivity contribution in [2.45, 2.75) is 36.8 Å². The number of thioether (sulfide) groups is 1. The van der Waals surface area contributed by atoms with Crippen LogP contribution in [0.3, 0.4) is 0 Å². The van der Waals surface area contributed by atoms with Crippen molar-refractivity contribution in [2.24, 2.45) is 0 Å². The van der Waals surface area contributed by atoms with Crippen LogP contribution in [0.4, 0.5) is 5.82 Å². The Kier molecular flexibility index (Phi) is 4.09. The third-order valence-corrected chi connectivity index (χ3v) is 2.94. The second kappa shape index (κ2) is 5.12. The van der Waals surface area contributed by atoms with Crippen molar-refractivity contribution in [1.82, 2.24) is 4.98 Å². The normalized spacial score (nSPS) is 12.8. The Bertz CT molecular complexity index is 246. The average molecular weight is 196 g/mol. The van der Waals surface area contributed by atoms with Crippen LogP contribution in [0, 0.1) is 0 Å². The van der Waals surface area contributed by atoms with Crippen LogP contribution in [-0.2, 0) is 0 Å². The molecule has 2 N–H and O–H groups in total. The van der Waals surface area contributed by atoms with E-state index < -0.39 is 0 Å². The molecule has 0 amide bonds. The minimum Gasteiger partial charge on any atom is -0.384 e. The van der Waals surface area contributed by atoms with E-state index in [1.165, 1.54) is 17.7 Å². The van der Waals surface area contributed by atoms with Crippen molar-refractivity contribution in [3.05, 3.63) is 18.3 Å². The molecule has 0 spiro atoms. The van der Waals surface area contributed by atoms with Gasteiger partial charge in [-0.1, -0.05) is 20.3 Å². The highest BCUT2D eigenvalue weighted by Crippen LogP contribution is 2.25. The molecule has 1 unspecified atom stereocenters. The summed E-state index contributed by atoms with van der Waals surface area (Å²) in [4.78, 5) is 5.25. The summed E-state index contributed by atoms with van der Waals surface area (Å²) in [5.41, 5.74) is 5.50. The Morgan fingerprint density at radius 2 is 2.31 bits per heavy atom. The van der Waals surface area contributed by atoms with Crippen molar-refractivity contribution in [1.29, 1.82) is 0 Å². The van der Waals surface area contributed by atoms with Crippen molar-refractivity contribution >= 4 is 17.6 Å². The van der Waals surface area contributed by atoms with Crippen molar-refractivity contribution in [3.63, 3.8) is 0 Å². The van der Waals surface area contributed by atoms with Crippen LogP contribution in [0.1, 0.15) is 26.7 Å². The zero-order valence-electron chi connectivity index (χ0n) is 8.16. The van der Waals surface area contributed by atoms with E-state index in [2.05, 4.69) is 18.8 Å². The van der Waals surface area contributed by atoms with Gasteiger partial charge in [-0.25, -0.2) is 4.98 Å². The Balaban J connectivity index is 2.49. The molecule has 0 saturated heterocycles. The third kappa shape index (κ3) is 3.68. The van der Waals surface area contributed by atoms with Crippen LogP contribution in [0.15, 0.2) is 23.2 Å². The highest BCUT2D eigenvalue weighted by Gasteiger charge is 2.02. The molecule has 1 aromatic heterocycles. The number of hydrogen-bond donors (Lipinski definition) is 1. The lowest BCUT2D eigenvalue weighted by Crippen LogP contribution is -1.95. The lowest BCUT2D eigenvalue weighted by molar-refractivity contribution is 0.787. The number of aromatic nitrogens is 1. The van der Waals surface area contributed by atoms with E-state index in [0.717, 1.165) is 0 Å². The van der Waals surface area contributed by atoms with Crippen molar-refractivity contribution in [3.8, 4) is 0 Å². The molecule has 1 aromatic rings. The van der Waals surface area contributed by atoms with Gasteiger partial charge >= 0.3 is 0 Å². The second-order valence-corrected chi connectivity index (χ2v) is 4.65. The molecule has 0 aliphatic rings. The van der Waals surface area contributed by atoms with E-state index in [-0.39, 0.29) is 0 Å². The molecule has 0 fully saturated rings. The van der Waals surface area contributed by atoms with E-state index >= 15 is 0 Å². The van der Waals surface area contributed by atoms with Gasteiger partial charge in [0.25, 0.3) is 0 Å². The lowest BCUT2D eigenvalue weighted by Gasteiger charge is -2.08. The maximum absolute atomic E-state index is 5.50. The fraction of sp³-hybridized carbons (Fsp3) is 0.500. The van der Waals surface area contributed by atoms with Gasteiger partial charge in [-0.15, -0.1) is 11.8 Å². The first-order valence-electron chi connectivity index (χ1n) is 4.60. The molecule has 72 valence electrons. The number of hydrogen-bond acceptors (Lipinski definition) is 3. The Morgan fingerprint density at radius 3 is 2.85 bits per heavy atom. The van der Waals surface area contributed by atoms with Crippen molar-refractivity contribution < 1.29 is 0 Å². The quantitative estimate of drug-likeness (QED) is 0.752. The Hall–Kier alpha value is -0.700. The fourth-order valence-electron chi connectivity index (χ4n) is 1.16. The summed E-state index contributed by atoms with van der Waals surface area (Å²) < 4.78 is 0. The van der Waals surface area contributed by atoms with E-state index in [1.807, 2.05) is 30.1 Å². The van der Waals surface area contributed by atoms with Crippen molar-refractivity contribution in [2.75, 3.05) is 5.73 Å². The van der Waals surface area contributed by atoms with Gasteiger partial charge in [-0.3, -0.25) is 0 Å². The van der Waals surface area contributed by atoms with E-state index in [1.54, 1.807) is 0 Å². The summed E-state index contributed by atoms with van der Waals surface area (Å²) in [6.07, 6.45) is 4.32. The number of anilines is 1. The summed E-state index contributed by atoms with van der Waals surface area (Å²) >= 11 is 1.86. The van der Waals surface area contributed by atoms with Crippen LogP contribution < -0.4 is 5.73 Å². The van der Waals surface area contributed by atoms with E-state index in [0.29, 0.717) is 11.1 Å². The van der Waals surface area contributed by atoms with Crippen LogP contribution in [0.5, 0.6) is 0 Å². The van der Waals surface area contributed by atoms with Crippen LogP contribution in [0.2, 0.25) is 0 Å². The van der Waals surface area contributed by atoms with Crippen LogP contribution in [0.25, 0.3) is 0 Å². The van der Waals surface area contributed by atoms with Crippen LogP contribution >= 0.6 is 11.8 Å². The number of rotatable bonds is 4. The molecule has 0 aliphatic carbocycles. The summed E-state index contributed by atoms with van der Waals surface area (Å²) in [5, 5.41) is 0.662. The molecule has 0 radical (unpaired) electrons. The lowest BCUT2D eigenvalue weighted by atomic mass is 10.3. The smallest absolute Gasteiger partial charge is 0.123 e.